The van der Waals surface area contributed by atoms with Gasteiger partial charge in [0, 0.05) is 5.41 Å². The summed E-state index contributed by atoms with van der Waals surface area (Å²) in [6.07, 6.45) is 6.43. The number of urea groups is 1. The number of rotatable bonds is 6. The zero-order chi connectivity index (χ0) is 19.8. The van der Waals surface area contributed by atoms with Gasteiger partial charge < -0.3 is 15.8 Å². The lowest BCUT2D eigenvalue weighted by Crippen LogP contribution is -2.57. The number of carbonyl (C=O) groups excluding carboxylic acids is 4. The monoisotopic (exact) mass is 379 g/mol. The Kier molecular flexibility index (Phi) is 5.44. The number of hydrogen-bond donors (Lipinski definition) is 3. The number of nitrogens with two attached hydrogens (primary N) is 1. The molecule has 4 aliphatic rings. The van der Waals surface area contributed by atoms with Crippen LogP contribution in [0.3, 0.4) is 0 Å². The van der Waals surface area contributed by atoms with Gasteiger partial charge in [-0.15, -0.1) is 0 Å². The number of amides is 4. The number of esters is 1. The molecule has 1 atom stereocenters. The molecule has 0 saturated heterocycles. The first-order chi connectivity index (χ1) is 12.7. The molecule has 27 heavy (non-hydrogen) atoms. The van der Waals surface area contributed by atoms with Crippen LogP contribution in [0.25, 0.3) is 0 Å². The van der Waals surface area contributed by atoms with Crippen LogP contribution in [-0.2, 0) is 19.1 Å². The Labute approximate surface area is 158 Å². The molecule has 4 N–H and O–H groups in total. The van der Waals surface area contributed by atoms with Crippen molar-refractivity contribution < 1.29 is 23.9 Å². The van der Waals surface area contributed by atoms with Gasteiger partial charge >= 0.3 is 12.0 Å². The summed E-state index contributed by atoms with van der Waals surface area (Å²) >= 11 is 0. The predicted molar refractivity (Wildman–Crippen MR) is 96.1 cm³/mol. The quantitative estimate of drug-likeness (QED) is 0.595. The molecule has 8 nitrogen and oxygen atoms in total. The topological polar surface area (TPSA) is 128 Å². The lowest BCUT2D eigenvalue weighted by Gasteiger charge is -2.55. The van der Waals surface area contributed by atoms with Crippen molar-refractivity contribution in [1.82, 2.24) is 10.6 Å². The van der Waals surface area contributed by atoms with Crippen LogP contribution in [0.5, 0.6) is 0 Å². The SMILES string of the molecule is CC(C)[C@H](NC(=O)C12CC3CC(CC(C3)C1)C2)C(=O)OCC(=O)NC(N)=O. The molecule has 0 unspecified atom stereocenters. The Morgan fingerprint density at radius 2 is 1.56 bits per heavy atom. The average Bonchev–Trinajstić information content (AvgIpc) is 2.55. The van der Waals surface area contributed by atoms with Crippen molar-refractivity contribution in [3.63, 3.8) is 0 Å². The Balaban J connectivity index is 1.60. The Morgan fingerprint density at radius 1 is 1.04 bits per heavy atom. The second-order valence-electron chi connectivity index (χ2n) is 8.91. The molecule has 0 heterocycles. The van der Waals surface area contributed by atoms with Gasteiger partial charge in [-0.1, -0.05) is 13.8 Å². The fraction of sp³-hybridized carbons (Fsp3) is 0.789. The molecule has 0 aromatic heterocycles. The van der Waals surface area contributed by atoms with Crippen molar-refractivity contribution in [3.8, 4) is 0 Å². The zero-order valence-corrected chi connectivity index (χ0v) is 16.0. The van der Waals surface area contributed by atoms with Gasteiger partial charge in [0.1, 0.15) is 6.04 Å². The molecular formula is C19H29N3O5. The van der Waals surface area contributed by atoms with Gasteiger partial charge in [-0.3, -0.25) is 14.9 Å². The Morgan fingerprint density at radius 3 is 2.00 bits per heavy atom. The lowest BCUT2D eigenvalue weighted by atomic mass is 9.49. The molecule has 4 fully saturated rings. The smallest absolute Gasteiger partial charge is 0.329 e. The highest BCUT2D eigenvalue weighted by molar-refractivity contribution is 5.95. The molecule has 4 bridgehead atoms. The highest BCUT2D eigenvalue weighted by atomic mass is 16.5. The fourth-order valence-electron chi connectivity index (χ4n) is 5.58. The van der Waals surface area contributed by atoms with Crippen LogP contribution in [0.1, 0.15) is 52.4 Å². The maximum atomic E-state index is 13.1. The summed E-state index contributed by atoms with van der Waals surface area (Å²) in [5.41, 5.74) is 4.49. The van der Waals surface area contributed by atoms with Crippen LogP contribution in [0.4, 0.5) is 4.79 Å². The van der Waals surface area contributed by atoms with Gasteiger partial charge in [-0.2, -0.15) is 0 Å². The third-order valence-electron chi connectivity index (χ3n) is 6.34. The molecule has 4 aliphatic carbocycles. The molecule has 0 aliphatic heterocycles. The van der Waals surface area contributed by atoms with E-state index >= 15 is 0 Å². The van der Waals surface area contributed by atoms with E-state index in [0.29, 0.717) is 17.8 Å². The first-order valence-electron chi connectivity index (χ1n) is 9.75. The maximum absolute atomic E-state index is 13.1. The molecule has 0 spiro atoms. The molecule has 150 valence electrons. The van der Waals surface area contributed by atoms with E-state index in [1.54, 1.807) is 0 Å². The predicted octanol–water partition coefficient (Wildman–Crippen LogP) is 1.08. The van der Waals surface area contributed by atoms with E-state index in [9.17, 15) is 19.2 Å². The molecule has 4 saturated carbocycles. The van der Waals surface area contributed by atoms with Crippen LogP contribution in [-0.4, -0.2) is 36.5 Å². The number of primary amides is 1. The number of ether oxygens (including phenoxy) is 1. The van der Waals surface area contributed by atoms with Crippen molar-refractivity contribution in [2.24, 2.45) is 34.8 Å². The van der Waals surface area contributed by atoms with E-state index in [0.717, 1.165) is 19.3 Å². The summed E-state index contributed by atoms with van der Waals surface area (Å²) in [6.45, 7) is 3.02. The fourth-order valence-corrected chi connectivity index (χ4v) is 5.58. The van der Waals surface area contributed by atoms with Gasteiger partial charge in [-0.25, -0.2) is 9.59 Å². The zero-order valence-electron chi connectivity index (χ0n) is 16.0. The second kappa shape index (κ2) is 7.48. The van der Waals surface area contributed by atoms with Crippen molar-refractivity contribution in [2.75, 3.05) is 6.61 Å². The van der Waals surface area contributed by atoms with Crippen molar-refractivity contribution in [2.45, 2.75) is 58.4 Å². The number of hydrogen-bond acceptors (Lipinski definition) is 5. The van der Waals surface area contributed by atoms with E-state index in [4.69, 9.17) is 10.5 Å². The molecular weight excluding hydrogens is 350 g/mol. The van der Waals surface area contributed by atoms with E-state index < -0.39 is 30.6 Å². The van der Waals surface area contributed by atoms with Gasteiger partial charge in [0.15, 0.2) is 6.61 Å². The summed E-state index contributed by atoms with van der Waals surface area (Å²) in [4.78, 5) is 47.6. The first kappa shape index (κ1) is 19.6. The third-order valence-corrected chi connectivity index (χ3v) is 6.34. The average molecular weight is 379 g/mol. The highest BCUT2D eigenvalue weighted by Crippen LogP contribution is 2.60. The summed E-state index contributed by atoms with van der Waals surface area (Å²) < 4.78 is 4.97. The lowest BCUT2D eigenvalue weighted by molar-refractivity contribution is -0.157. The standard InChI is InChI=1S/C19H29N3O5/c1-10(2)15(16(24)27-9-14(23)21-18(20)26)22-17(25)19-6-11-3-12(7-19)5-13(4-11)8-19/h10-13,15H,3-9H2,1-2H3,(H,22,25)(H3,20,21,23,26)/t11?,12?,13?,15-,19?/m0/s1. The Hall–Kier alpha value is -2.12. The largest absolute Gasteiger partial charge is 0.454 e. The molecule has 4 amide bonds. The van der Waals surface area contributed by atoms with Crippen molar-refractivity contribution >= 4 is 23.8 Å². The number of imide groups is 1. The minimum absolute atomic E-state index is 0.0566. The van der Waals surface area contributed by atoms with Crippen LogP contribution in [0.2, 0.25) is 0 Å². The normalized spacial score (nSPS) is 32.0. The van der Waals surface area contributed by atoms with Gasteiger partial charge in [0.05, 0.1) is 0 Å². The van der Waals surface area contributed by atoms with E-state index in [-0.39, 0.29) is 17.2 Å². The summed E-state index contributed by atoms with van der Waals surface area (Å²) in [7, 11) is 0. The second-order valence-corrected chi connectivity index (χ2v) is 8.91. The van der Waals surface area contributed by atoms with Crippen LogP contribution in [0, 0.1) is 29.1 Å². The van der Waals surface area contributed by atoms with Crippen LogP contribution >= 0.6 is 0 Å². The van der Waals surface area contributed by atoms with E-state index in [1.165, 1.54) is 19.3 Å². The summed E-state index contributed by atoms with van der Waals surface area (Å²) in [6, 6.07) is -1.83. The third kappa shape index (κ3) is 4.25. The molecule has 0 aromatic rings. The van der Waals surface area contributed by atoms with E-state index in [1.807, 2.05) is 19.2 Å². The summed E-state index contributed by atoms with van der Waals surface area (Å²) in [5, 5.41) is 4.73. The Bertz CT molecular complexity index is 610. The molecule has 0 aromatic carbocycles. The molecule has 0 radical (unpaired) electrons. The number of carbonyl (C=O) groups is 4. The van der Waals surface area contributed by atoms with Crippen molar-refractivity contribution in [1.29, 1.82) is 0 Å². The van der Waals surface area contributed by atoms with Crippen LogP contribution < -0.4 is 16.4 Å². The highest BCUT2D eigenvalue weighted by Gasteiger charge is 2.55. The van der Waals surface area contributed by atoms with Gasteiger partial charge in [-0.05, 0) is 62.2 Å². The maximum Gasteiger partial charge on any atom is 0.329 e. The minimum Gasteiger partial charge on any atom is -0.454 e. The molecule has 4 rings (SSSR count). The van der Waals surface area contributed by atoms with Crippen molar-refractivity contribution in [3.05, 3.63) is 0 Å². The van der Waals surface area contributed by atoms with E-state index in [2.05, 4.69) is 5.32 Å². The summed E-state index contributed by atoms with van der Waals surface area (Å²) in [5.74, 6) is 0.165. The number of nitrogens with one attached hydrogen (secondary N) is 2. The molecule has 8 heteroatoms. The first-order valence-corrected chi connectivity index (χ1v) is 9.75. The van der Waals surface area contributed by atoms with Crippen LogP contribution in [0.15, 0.2) is 0 Å². The minimum atomic E-state index is -1.01. The van der Waals surface area contributed by atoms with Gasteiger partial charge in [0.2, 0.25) is 5.91 Å². The van der Waals surface area contributed by atoms with Gasteiger partial charge in [0.25, 0.3) is 5.91 Å².